The second-order valence-corrected chi connectivity index (χ2v) is 4.66. The van der Waals surface area contributed by atoms with Gasteiger partial charge in [0.05, 0.1) is 16.1 Å². The lowest BCUT2D eigenvalue weighted by molar-refractivity contribution is -0.137. The first kappa shape index (κ1) is 16.2. The molecule has 0 saturated heterocycles. The van der Waals surface area contributed by atoms with E-state index in [2.05, 4.69) is 5.32 Å². The van der Waals surface area contributed by atoms with Crippen molar-refractivity contribution in [3.8, 4) is 0 Å². The van der Waals surface area contributed by atoms with Crippen molar-refractivity contribution >= 4 is 23.2 Å². The lowest BCUT2D eigenvalue weighted by Gasteiger charge is -2.10. The van der Waals surface area contributed by atoms with Crippen LogP contribution in [0.4, 0.5) is 27.6 Å². The molecule has 0 bridgehead atoms. The summed E-state index contributed by atoms with van der Waals surface area (Å²) in [6.07, 6.45) is -4.58. The summed E-state index contributed by atoms with van der Waals surface area (Å²) < 4.78 is 64.5. The molecule has 2 rings (SSSR count). The van der Waals surface area contributed by atoms with Crippen molar-refractivity contribution in [2.45, 2.75) is 6.18 Å². The molecule has 0 aliphatic heterocycles. The molecule has 0 radical (unpaired) electrons. The molecule has 1 amide bonds. The SMILES string of the molecule is O=C(Nc1cccc(C(F)(F)F)c1)c1ccc(Cl)c(F)c1F. The van der Waals surface area contributed by atoms with Gasteiger partial charge in [-0.3, -0.25) is 4.79 Å². The number of carbonyl (C=O) groups is 1. The van der Waals surface area contributed by atoms with Crippen molar-refractivity contribution in [3.05, 3.63) is 64.2 Å². The molecule has 0 fully saturated rings. The number of anilines is 1. The molecule has 1 N–H and O–H groups in total. The third kappa shape index (κ3) is 3.36. The molecule has 0 spiro atoms. The molecule has 0 unspecified atom stereocenters. The van der Waals surface area contributed by atoms with Gasteiger partial charge in [0, 0.05) is 5.69 Å². The van der Waals surface area contributed by atoms with Gasteiger partial charge in [0.1, 0.15) is 0 Å². The van der Waals surface area contributed by atoms with Crippen molar-refractivity contribution in [2.24, 2.45) is 0 Å². The van der Waals surface area contributed by atoms with Crippen molar-refractivity contribution in [1.82, 2.24) is 0 Å². The molecule has 2 aromatic rings. The average molecular weight is 336 g/mol. The number of alkyl halides is 3. The number of hydrogen-bond acceptors (Lipinski definition) is 1. The average Bonchev–Trinajstić information content (AvgIpc) is 2.44. The lowest BCUT2D eigenvalue weighted by atomic mass is 10.1. The smallest absolute Gasteiger partial charge is 0.322 e. The van der Waals surface area contributed by atoms with Gasteiger partial charge in [0.15, 0.2) is 11.6 Å². The molecular weight excluding hydrogens is 329 g/mol. The molecule has 0 atom stereocenters. The molecule has 0 aromatic heterocycles. The molecule has 116 valence electrons. The van der Waals surface area contributed by atoms with E-state index in [1.807, 2.05) is 0 Å². The molecule has 22 heavy (non-hydrogen) atoms. The van der Waals surface area contributed by atoms with Gasteiger partial charge in [-0.2, -0.15) is 13.2 Å². The number of halogens is 6. The minimum atomic E-state index is -4.58. The number of rotatable bonds is 2. The van der Waals surface area contributed by atoms with Gasteiger partial charge in [-0.25, -0.2) is 8.78 Å². The zero-order chi connectivity index (χ0) is 16.5. The van der Waals surface area contributed by atoms with Crippen LogP contribution in [0.2, 0.25) is 5.02 Å². The third-order valence-electron chi connectivity index (χ3n) is 2.73. The normalized spacial score (nSPS) is 11.4. The van der Waals surface area contributed by atoms with Crippen molar-refractivity contribution in [1.29, 1.82) is 0 Å². The van der Waals surface area contributed by atoms with Crippen LogP contribution in [0.3, 0.4) is 0 Å². The van der Waals surface area contributed by atoms with Crippen LogP contribution in [0.15, 0.2) is 36.4 Å². The Balaban J connectivity index is 2.28. The van der Waals surface area contributed by atoms with Gasteiger partial charge in [0.25, 0.3) is 5.91 Å². The Bertz CT molecular complexity index is 730. The summed E-state index contributed by atoms with van der Waals surface area (Å²) in [5.41, 5.74) is -1.85. The molecule has 0 heterocycles. The van der Waals surface area contributed by atoms with E-state index in [0.717, 1.165) is 24.3 Å². The molecule has 0 aliphatic rings. The van der Waals surface area contributed by atoms with Crippen LogP contribution in [0, 0.1) is 11.6 Å². The highest BCUT2D eigenvalue weighted by atomic mass is 35.5. The van der Waals surface area contributed by atoms with E-state index in [-0.39, 0.29) is 5.69 Å². The van der Waals surface area contributed by atoms with E-state index in [0.29, 0.717) is 6.07 Å². The minimum absolute atomic E-state index is 0.199. The molecule has 2 nitrogen and oxygen atoms in total. The van der Waals surface area contributed by atoms with Gasteiger partial charge in [-0.15, -0.1) is 0 Å². The summed E-state index contributed by atoms with van der Waals surface area (Å²) in [6.45, 7) is 0. The summed E-state index contributed by atoms with van der Waals surface area (Å²) in [7, 11) is 0. The highest BCUT2D eigenvalue weighted by molar-refractivity contribution is 6.30. The Morgan fingerprint density at radius 3 is 2.36 bits per heavy atom. The molecule has 0 saturated carbocycles. The van der Waals surface area contributed by atoms with Crippen molar-refractivity contribution in [3.63, 3.8) is 0 Å². The molecule has 8 heteroatoms. The van der Waals surface area contributed by atoms with E-state index in [1.54, 1.807) is 0 Å². The highest BCUT2D eigenvalue weighted by Crippen LogP contribution is 2.31. The lowest BCUT2D eigenvalue weighted by Crippen LogP contribution is -2.15. The monoisotopic (exact) mass is 335 g/mol. The van der Waals surface area contributed by atoms with E-state index in [1.165, 1.54) is 6.07 Å². The van der Waals surface area contributed by atoms with Crippen LogP contribution in [0.25, 0.3) is 0 Å². The number of nitrogens with one attached hydrogen (secondary N) is 1. The van der Waals surface area contributed by atoms with Crippen LogP contribution in [-0.2, 0) is 6.18 Å². The van der Waals surface area contributed by atoms with Crippen LogP contribution in [-0.4, -0.2) is 5.91 Å². The largest absolute Gasteiger partial charge is 0.416 e. The number of hydrogen-bond donors (Lipinski definition) is 1. The van der Waals surface area contributed by atoms with E-state index in [9.17, 15) is 26.7 Å². The van der Waals surface area contributed by atoms with E-state index < -0.39 is 39.9 Å². The fraction of sp³-hybridized carbons (Fsp3) is 0.0714. The van der Waals surface area contributed by atoms with Crippen molar-refractivity contribution in [2.75, 3.05) is 5.32 Å². The first-order chi connectivity index (χ1) is 10.2. The second-order valence-electron chi connectivity index (χ2n) is 4.26. The van der Waals surface area contributed by atoms with Gasteiger partial charge >= 0.3 is 6.18 Å². The topological polar surface area (TPSA) is 29.1 Å². The Morgan fingerprint density at radius 1 is 1.05 bits per heavy atom. The van der Waals surface area contributed by atoms with E-state index in [4.69, 9.17) is 11.6 Å². The van der Waals surface area contributed by atoms with Crippen molar-refractivity contribution < 1.29 is 26.7 Å². The quantitative estimate of drug-likeness (QED) is 0.614. The second kappa shape index (κ2) is 5.92. The Labute approximate surface area is 126 Å². The highest BCUT2D eigenvalue weighted by Gasteiger charge is 2.30. The van der Waals surface area contributed by atoms with Gasteiger partial charge in [-0.1, -0.05) is 17.7 Å². The first-order valence-electron chi connectivity index (χ1n) is 5.82. The van der Waals surface area contributed by atoms with Crippen LogP contribution in [0.5, 0.6) is 0 Å². The Morgan fingerprint density at radius 2 is 1.73 bits per heavy atom. The number of benzene rings is 2. The number of carbonyl (C=O) groups excluding carboxylic acids is 1. The van der Waals surface area contributed by atoms with E-state index >= 15 is 0 Å². The molecule has 0 aliphatic carbocycles. The van der Waals surface area contributed by atoms with Crippen LogP contribution < -0.4 is 5.32 Å². The maximum absolute atomic E-state index is 13.6. The van der Waals surface area contributed by atoms with Gasteiger partial charge in [0.2, 0.25) is 0 Å². The summed E-state index contributed by atoms with van der Waals surface area (Å²) in [5, 5.41) is 1.56. The zero-order valence-corrected chi connectivity index (χ0v) is 11.4. The maximum atomic E-state index is 13.6. The zero-order valence-electron chi connectivity index (χ0n) is 10.6. The fourth-order valence-corrected chi connectivity index (χ4v) is 1.82. The molecular formula is C14H7ClF5NO. The predicted octanol–water partition coefficient (Wildman–Crippen LogP) is 4.89. The Hall–Kier alpha value is -2.15. The summed E-state index contributed by atoms with van der Waals surface area (Å²) >= 11 is 5.35. The Kier molecular flexibility index (Phi) is 4.37. The minimum Gasteiger partial charge on any atom is -0.322 e. The fourth-order valence-electron chi connectivity index (χ4n) is 1.67. The summed E-state index contributed by atoms with van der Waals surface area (Å²) in [4.78, 5) is 11.8. The molecule has 2 aromatic carbocycles. The number of amides is 1. The summed E-state index contributed by atoms with van der Waals surface area (Å²) in [6, 6.07) is 5.68. The van der Waals surface area contributed by atoms with Crippen LogP contribution >= 0.6 is 11.6 Å². The van der Waals surface area contributed by atoms with Gasteiger partial charge < -0.3 is 5.32 Å². The first-order valence-corrected chi connectivity index (χ1v) is 6.20. The summed E-state index contributed by atoms with van der Waals surface area (Å²) in [5.74, 6) is -3.97. The standard InChI is InChI=1S/C14H7ClF5NO/c15-10-5-4-9(11(16)12(10)17)13(22)21-8-3-1-2-7(6-8)14(18,19)20/h1-6H,(H,21,22). The predicted molar refractivity (Wildman–Crippen MR) is 70.8 cm³/mol. The maximum Gasteiger partial charge on any atom is 0.416 e. The third-order valence-corrected chi connectivity index (χ3v) is 3.02. The van der Waals surface area contributed by atoms with Crippen LogP contribution in [0.1, 0.15) is 15.9 Å². The van der Waals surface area contributed by atoms with Gasteiger partial charge in [-0.05, 0) is 30.3 Å².